The summed E-state index contributed by atoms with van der Waals surface area (Å²) in [6.07, 6.45) is 3.79. The molecular formula is C11H20O2. The first kappa shape index (κ1) is 12.2. The minimum absolute atomic E-state index is 0.100. The molecular weight excluding hydrogens is 164 g/mol. The van der Waals surface area contributed by atoms with E-state index < -0.39 is 0 Å². The molecule has 2 heteroatoms. The Kier molecular flexibility index (Phi) is 4.74. The lowest BCUT2D eigenvalue weighted by Crippen LogP contribution is -2.14. The molecule has 0 aromatic heterocycles. The van der Waals surface area contributed by atoms with Gasteiger partial charge in [-0.2, -0.15) is 0 Å². The van der Waals surface area contributed by atoms with Crippen LogP contribution < -0.4 is 0 Å². The number of carbonyl (C=O) groups is 1. The van der Waals surface area contributed by atoms with Crippen molar-refractivity contribution in [1.29, 1.82) is 0 Å². The van der Waals surface area contributed by atoms with Crippen LogP contribution in [-0.4, -0.2) is 13.1 Å². The number of methoxy groups -OCH3 is 1. The molecule has 0 aliphatic heterocycles. The molecule has 0 N–H and O–H groups in total. The van der Waals surface area contributed by atoms with Gasteiger partial charge in [-0.3, -0.25) is 0 Å². The number of hydrogen-bond acceptors (Lipinski definition) is 2. The Morgan fingerprint density at radius 2 is 2.00 bits per heavy atom. The Bertz CT molecular complexity index is 202. The highest BCUT2D eigenvalue weighted by Gasteiger charge is 2.19. The summed E-state index contributed by atoms with van der Waals surface area (Å²) in [6.45, 7) is 8.41. The zero-order valence-corrected chi connectivity index (χ0v) is 9.31. The molecule has 76 valence electrons. The highest BCUT2D eigenvalue weighted by molar-refractivity contribution is 5.82. The summed E-state index contributed by atoms with van der Waals surface area (Å²) < 4.78 is 4.58. The van der Waals surface area contributed by atoms with Crippen molar-refractivity contribution in [3.63, 3.8) is 0 Å². The van der Waals surface area contributed by atoms with Gasteiger partial charge in [0.25, 0.3) is 0 Å². The third-order valence-corrected chi connectivity index (χ3v) is 2.48. The Morgan fingerprint density at radius 1 is 1.46 bits per heavy atom. The van der Waals surface area contributed by atoms with Crippen molar-refractivity contribution in [3.05, 3.63) is 11.6 Å². The summed E-state index contributed by atoms with van der Waals surface area (Å²) in [5, 5.41) is 0. The molecule has 0 amide bonds. The van der Waals surface area contributed by atoms with Crippen LogP contribution >= 0.6 is 0 Å². The van der Waals surface area contributed by atoms with Gasteiger partial charge in [0.05, 0.1) is 7.11 Å². The molecule has 0 saturated carbocycles. The molecule has 0 fully saturated rings. The molecule has 0 aliphatic carbocycles. The van der Waals surface area contributed by atoms with Gasteiger partial charge >= 0.3 is 5.97 Å². The molecule has 0 unspecified atom stereocenters. The van der Waals surface area contributed by atoms with Gasteiger partial charge < -0.3 is 4.74 Å². The second-order valence-corrected chi connectivity index (χ2v) is 3.98. The summed E-state index contributed by atoms with van der Waals surface area (Å²) >= 11 is 0. The summed E-state index contributed by atoms with van der Waals surface area (Å²) in [6, 6.07) is 0. The zero-order valence-electron chi connectivity index (χ0n) is 9.31. The van der Waals surface area contributed by atoms with Gasteiger partial charge in [0, 0.05) is 6.08 Å². The quantitative estimate of drug-likeness (QED) is 0.496. The number of esters is 1. The van der Waals surface area contributed by atoms with E-state index in [9.17, 15) is 4.79 Å². The maximum atomic E-state index is 11.0. The minimum atomic E-state index is -0.262. The number of ether oxygens (including phenoxy) is 1. The van der Waals surface area contributed by atoms with Crippen molar-refractivity contribution >= 4 is 5.97 Å². The van der Waals surface area contributed by atoms with Gasteiger partial charge in [0.1, 0.15) is 0 Å². The molecule has 13 heavy (non-hydrogen) atoms. The average molecular weight is 184 g/mol. The van der Waals surface area contributed by atoms with E-state index in [-0.39, 0.29) is 11.4 Å². The normalized spacial score (nSPS) is 12.8. The van der Waals surface area contributed by atoms with Crippen LogP contribution in [0.2, 0.25) is 0 Å². The molecule has 0 heterocycles. The van der Waals surface area contributed by atoms with E-state index in [1.165, 1.54) is 7.11 Å². The van der Waals surface area contributed by atoms with E-state index in [4.69, 9.17) is 0 Å². The molecule has 0 spiro atoms. The second kappa shape index (κ2) is 5.05. The van der Waals surface area contributed by atoms with E-state index in [0.717, 1.165) is 18.4 Å². The standard InChI is InChI=1S/C11H20O2/c1-6-7-11(3,4)9(2)8-10(12)13-5/h8H,6-7H2,1-5H3/b9-8+. The first-order valence-corrected chi connectivity index (χ1v) is 4.70. The van der Waals surface area contributed by atoms with E-state index in [0.29, 0.717) is 0 Å². The van der Waals surface area contributed by atoms with Crippen LogP contribution in [0.15, 0.2) is 11.6 Å². The van der Waals surface area contributed by atoms with Crippen LogP contribution in [0, 0.1) is 5.41 Å². The Labute approximate surface area is 81.0 Å². The van der Waals surface area contributed by atoms with E-state index >= 15 is 0 Å². The average Bonchev–Trinajstić information content (AvgIpc) is 2.04. The third kappa shape index (κ3) is 4.11. The van der Waals surface area contributed by atoms with Gasteiger partial charge in [0.2, 0.25) is 0 Å². The predicted octanol–water partition coefficient (Wildman–Crippen LogP) is 2.93. The number of carbonyl (C=O) groups excluding carboxylic acids is 1. The topological polar surface area (TPSA) is 26.3 Å². The van der Waals surface area contributed by atoms with Crippen molar-refractivity contribution in [2.75, 3.05) is 7.11 Å². The van der Waals surface area contributed by atoms with Crippen LogP contribution in [-0.2, 0) is 9.53 Å². The first-order chi connectivity index (χ1) is 5.94. The number of rotatable bonds is 4. The Balaban J connectivity index is 4.46. The summed E-state index contributed by atoms with van der Waals surface area (Å²) in [5.41, 5.74) is 1.18. The van der Waals surface area contributed by atoms with E-state index in [1.807, 2.05) is 6.92 Å². The molecule has 2 nitrogen and oxygen atoms in total. The maximum absolute atomic E-state index is 11.0. The van der Waals surface area contributed by atoms with Crippen molar-refractivity contribution in [1.82, 2.24) is 0 Å². The van der Waals surface area contributed by atoms with Crippen molar-refractivity contribution < 1.29 is 9.53 Å². The van der Waals surface area contributed by atoms with Crippen LogP contribution in [0.4, 0.5) is 0 Å². The lowest BCUT2D eigenvalue weighted by atomic mass is 9.81. The molecule has 0 atom stereocenters. The van der Waals surface area contributed by atoms with Gasteiger partial charge in [-0.05, 0) is 18.8 Å². The largest absolute Gasteiger partial charge is 0.466 e. The first-order valence-electron chi connectivity index (χ1n) is 4.70. The van der Waals surface area contributed by atoms with Crippen LogP contribution in [0.1, 0.15) is 40.5 Å². The van der Waals surface area contributed by atoms with Gasteiger partial charge in [-0.15, -0.1) is 0 Å². The molecule has 0 aromatic rings. The Morgan fingerprint density at radius 3 is 2.38 bits per heavy atom. The zero-order chi connectivity index (χ0) is 10.5. The lowest BCUT2D eigenvalue weighted by Gasteiger charge is -2.24. The fraction of sp³-hybridized carbons (Fsp3) is 0.727. The van der Waals surface area contributed by atoms with Crippen LogP contribution in [0.5, 0.6) is 0 Å². The second-order valence-electron chi connectivity index (χ2n) is 3.98. The maximum Gasteiger partial charge on any atom is 0.330 e. The van der Waals surface area contributed by atoms with Crippen LogP contribution in [0.3, 0.4) is 0 Å². The molecule has 0 aliphatic rings. The fourth-order valence-electron chi connectivity index (χ4n) is 1.25. The summed E-state index contributed by atoms with van der Waals surface area (Å²) in [7, 11) is 1.40. The smallest absolute Gasteiger partial charge is 0.330 e. The van der Waals surface area contributed by atoms with Crippen molar-refractivity contribution in [3.8, 4) is 0 Å². The minimum Gasteiger partial charge on any atom is -0.466 e. The SMILES string of the molecule is CCCC(C)(C)/C(C)=C/C(=O)OC. The van der Waals surface area contributed by atoms with E-state index in [1.54, 1.807) is 6.08 Å². The summed E-state index contributed by atoms with van der Waals surface area (Å²) in [4.78, 5) is 11.0. The van der Waals surface area contributed by atoms with Crippen molar-refractivity contribution in [2.24, 2.45) is 5.41 Å². The van der Waals surface area contributed by atoms with Crippen molar-refractivity contribution in [2.45, 2.75) is 40.5 Å². The lowest BCUT2D eigenvalue weighted by molar-refractivity contribution is -0.134. The van der Waals surface area contributed by atoms with Crippen LogP contribution in [0.25, 0.3) is 0 Å². The van der Waals surface area contributed by atoms with Gasteiger partial charge in [-0.25, -0.2) is 4.79 Å². The van der Waals surface area contributed by atoms with E-state index in [2.05, 4.69) is 25.5 Å². The fourth-order valence-corrected chi connectivity index (χ4v) is 1.25. The molecule has 0 saturated heterocycles. The highest BCUT2D eigenvalue weighted by atomic mass is 16.5. The number of hydrogen-bond donors (Lipinski definition) is 0. The monoisotopic (exact) mass is 184 g/mol. The third-order valence-electron chi connectivity index (χ3n) is 2.48. The number of allylic oxidation sites excluding steroid dienone is 1. The Hall–Kier alpha value is -0.790. The highest BCUT2D eigenvalue weighted by Crippen LogP contribution is 2.30. The van der Waals surface area contributed by atoms with Gasteiger partial charge in [-0.1, -0.05) is 32.8 Å². The summed E-state index contributed by atoms with van der Waals surface area (Å²) in [5.74, 6) is -0.262. The molecule has 0 radical (unpaired) electrons. The molecule has 0 aromatic carbocycles. The predicted molar refractivity (Wildman–Crippen MR) is 54.5 cm³/mol. The molecule has 0 rings (SSSR count). The molecule has 0 bridgehead atoms. The van der Waals surface area contributed by atoms with Gasteiger partial charge in [0.15, 0.2) is 0 Å².